The molecule has 0 amide bonds. The number of morpholine rings is 4. The highest BCUT2D eigenvalue weighted by Gasteiger charge is 2.23. The molecule has 124 heavy (non-hydrogen) atoms. The van der Waals surface area contributed by atoms with E-state index in [9.17, 15) is 0 Å². The fourth-order valence-electron chi connectivity index (χ4n) is 15.9. The molecule has 0 spiro atoms. The number of nitrogens with one attached hydrogen (secondary N) is 4. The molecule has 4 aliphatic heterocycles. The first-order chi connectivity index (χ1) is 61.1. The Morgan fingerprint density at radius 3 is 0.685 bits per heavy atom. The van der Waals surface area contributed by atoms with Crippen LogP contribution >= 0.6 is 46.4 Å². The van der Waals surface area contributed by atoms with Gasteiger partial charge in [-0.2, -0.15) is 0 Å². The first kappa shape index (κ1) is 84.4. The van der Waals surface area contributed by atoms with Crippen LogP contribution in [0.2, 0.25) is 20.1 Å². The highest BCUT2D eigenvalue weighted by Crippen LogP contribution is 2.33. The molecule has 632 valence electrons. The molecule has 4 fully saturated rings. The number of rotatable bonds is 24. The number of benzene rings is 8. The average Bonchev–Trinajstić information content (AvgIpc) is 0.804. The molecule has 28 heteroatoms. The van der Waals surface area contributed by atoms with Crippen LogP contribution in [-0.2, 0) is 44.6 Å². The average molecular weight is 1740 g/mol. The highest BCUT2D eigenvalue weighted by atomic mass is 35.5. The summed E-state index contributed by atoms with van der Waals surface area (Å²) in [5.74, 6) is 3.23. The number of ether oxygens (including phenoxy) is 4. The molecule has 0 saturated carbocycles. The van der Waals surface area contributed by atoms with Gasteiger partial charge in [0, 0.05) is 189 Å². The number of hydrogen-bond acceptors (Lipinski definition) is 24. The monoisotopic (exact) mass is 1730 g/mol. The molecule has 20 rings (SSSR count). The van der Waals surface area contributed by atoms with Crippen molar-refractivity contribution in [1.29, 1.82) is 0 Å². The molecule has 8 aromatic carbocycles. The lowest BCUT2D eigenvalue weighted by molar-refractivity contribution is 0.122. The van der Waals surface area contributed by atoms with Gasteiger partial charge in [0.1, 0.15) is 0 Å². The minimum atomic E-state index is 0.698. The third-order valence-electron chi connectivity index (χ3n) is 22.3. The van der Waals surface area contributed by atoms with E-state index in [1.165, 1.54) is 0 Å². The molecule has 4 N–H and O–H groups in total. The summed E-state index contributed by atoms with van der Waals surface area (Å²) in [5, 5.41) is 25.8. The van der Waals surface area contributed by atoms with Crippen molar-refractivity contribution >= 4 is 180 Å². The van der Waals surface area contributed by atoms with Crippen molar-refractivity contribution in [2.75, 3.05) is 172 Å². The van der Waals surface area contributed by atoms with Crippen LogP contribution in [0.4, 0.5) is 46.5 Å². The van der Waals surface area contributed by atoms with Gasteiger partial charge in [0.15, 0.2) is 0 Å². The third-order valence-corrected chi connectivity index (χ3v) is 23.2. The second-order valence-corrected chi connectivity index (χ2v) is 32.3. The summed E-state index contributed by atoms with van der Waals surface area (Å²) in [4.78, 5) is 65.5. The van der Waals surface area contributed by atoms with Crippen molar-refractivity contribution in [2.24, 2.45) is 0 Å². The van der Waals surface area contributed by atoms with Crippen molar-refractivity contribution in [3.63, 3.8) is 0 Å². The van der Waals surface area contributed by atoms with Crippen molar-refractivity contribution in [1.82, 2.24) is 59.8 Å². The molecule has 16 aromatic rings. The zero-order valence-electron chi connectivity index (χ0n) is 68.9. The summed E-state index contributed by atoms with van der Waals surface area (Å²) in [6.45, 7) is 15.8. The lowest BCUT2D eigenvalue weighted by Crippen LogP contribution is -2.37. The van der Waals surface area contributed by atoms with Gasteiger partial charge in [-0.25, -0.2) is 39.9 Å². The largest absolute Gasteiger partial charge is 0.384 e. The SMILES string of the molecule is Clc1ccc2c(NCCCc3nc(N4CCOCC4)nc4ccccc34)ccnc2c1.Clc1ccc2c(NCCCc3nc(N4CCOCC4)nc4ccccc34)ccnc2c1.Clc1ccc2c(NCCCc3nc(N4CCOCC4)nc4ccccc34)ccnc2c1.Clc1ccc2c(NCCCc3nc(N4CCOCC4)nc4ccccc34)ccnc2c1. The van der Waals surface area contributed by atoms with Crippen molar-refractivity contribution in [3.05, 3.63) is 262 Å². The predicted molar refractivity (Wildman–Crippen MR) is 505 cm³/mol. The Balaban J connectivity index is 0.000000117. The van der Waals surface area contributed by atoms with Crippen LogP contribution in [0.1, 0.15) is 48.5 Å². The smallest absolute Gasteiger partial charge is 0.226 e. The fraction of sp³-hybridized carbons (Fsp3) is 0.292. The number of halogens is 4. The van der Waals surface area contributed by atoms with Gasteiger partial charge in [-0.1, -0.05) is 119 Å². The molecule has 0 bridgehead atoms. The minimum Gasteiger partial charge on any atom is -0.384 e. The van der Waals surface area contributed by atoms with Gasteiger partial charge in [-0.3, -0.25) is 19.9 Å². The lowest BCUT2D eigenvalue weighted by Gasteiger charge is -2.27. The van der Waals surface area contributed by atoms with Gasteiger partial charge in [-0.15, -0.1) is 0 Å². The predicted octanol–water partition coefficient (Wildman–Crippen LogP) is 18.9. The number of pyridine rings is 4. The molecule has 0 aliphatic carbocycles. The second-order valence-electron chi connectivity index (χ2n) is 30.5. The third kappa shape index (κ3) is 21.3. The molecule has 4 saturated heterocycles. The molecular formula is C96H96Cl4N20O4. The summed E-state index contributed by atoms with van der Waals surface area (Å²) in [7, 11) is 0. The minimum absolute atomic E-state index is 0.698. The van der Waals surface area contributed by atoms with E-state index in [0.717, 1.165) is 339 Å². The Kier molecular flexibility index (Phi) is 28.3. The van der Waals surface area contributed by atoms with E-state index in [2.05, 4.69) is 134 Å². The van der Waals surface area contributed by atoms with E-state index in [0.29, 0.717) is 20.1 Å². The molecule has 12 heterocycles. The van der Waals surface area contributed by atoms with E-state index < -0.39 is 0 Å². The summed E-state index contributed by atoms with van der Waals surface area (Å²) in [5.41, 5.74) is 16.3. The van der Waals surface area contributed by atoms with Gasteiger partial charge in [0.05, 0.1) is 120 Å². The van der Waals surface area contributed by atoms with Gasteiger partial charge in [0.2, 0.25) is 23.8 Å². The number of hydrogen-bond donors (Lipinski definition) is 4. The van der Waals surface area contributed by atoms with Gasteiger partial charge in [0.25, 0.3) is 0 Å². The molecule has 24 nitrogen and oxygen atoms in total. The van der Waals surface area contributed by atoms with E-state index in [1.807, 2.05) is 146 Å². The molecule has 4 aliphatic rings. The van der Waals surface area contributed by atoms with Gasteiger partial charge in [-0.05, 0) is 173 Å². The lowest BCUT2D eigenvalue weighted by atomic mass is 10.1. The first-order valence-electron chi connectivity index (χ1n) is 42.6. The van der Waals surface area contributed by atoms with E-state index in [1.54, 1.807) is 0 Å². The van der Waals surface area contributed by atoms with Crippen LogP contribution in [0.15, 0.2) is 219 Å². The maximum absolute atomic E-state index is 6.10. The van der Waals surface area contributed by atoms with E-state index in [-0.39, 0.29) is 0 Å². The number of para-hydroxylation sites is 4. The zero-order chi connectivity index (χ0) is 84.2. The van der Waals surface area contributed by atoms with Gasteiger partial charge >= 0.3 is 0 Å². The van der Waals surface area contributed by atoms with Crippen LogP contribution in [0, 0.1) is 0 Å². The molecule has 0 unspecified atom stereocenters. The normalized spacial score (nSPS) is 14.3. The van der Waals surface area contributed by atoms with Crippen LogP contribution in [0.5, 0.6) is 0 Å². The van der Waals surface area contributed by atoms with Crippen LogP contribution < -0.4 is 40.9 Å². The number of fused-ring (bicyclic) bond motifs is 8. The molecule has 0 radical (unpaired) electrons. The summed E-state index contributed by atoms with van der Waals surface area (Å²) in [6.07, 6.45) is 14.6. The Bertz CT molecular complexity index is 5600. The summed E-state index contributed by atoms with van der Waals surface area (Å²) < 4.78 is 21.9. The number of anilines is 8. The molecular weight excluding hydrogens is 1640 g/mol. The van der Waals surface area contributed by atoms with E-state index in [4.69, 9.17) is 105 Å². The first-order valence-corrected chi connectivity index (χ1v) is 44.1. The maximum atomic E-state index is 6.10. The van der Waals surface area contributed by atoms with Crippen molar-refractivity contribution in [2.45, 2.75) is 51.4 Å². The fourth-order valence-corrected chi connectivity index (χ4v) is 16.6. The number of aromatic nitrogens is 12. The quantitative estimate of drug-likeness (QED) is 0.0410. The Hall–Kier alpha value is -11.8. The zero-order valence-corrected chi connectivity index (χ0v) is 71.9. The Morgan fingerprint density at radius 1 is 0.242 bits per heavy atom. The number of aryl methyl sites for hydroxylation is 4. The standard InChI is InChI=1S/4C24H24ClN5O/c4*25-17-7-8-19-20(9-11-27-23(19)16-17)26-10-3-6-22-18-4-1-2-5-21(18)28-24(29-22)30-12-14-31-15-13-30/h4*1-2,4-5,7-9,11,16H,3,6,10,12-15H2,(H,26,27). The van der Waals surface area contributed by atoms with E-state index >= 15 is 0 Å². The highest BCUT2D eigenvalue weighted by molar-refractivity contribution is 6.32. The Morgan fingerprint density at radius 2 is 0.460 bits per heavy atom. The van der Waals surface area contributed by atoms with Crippen LogP contribution in [0.3, 0.4) is 0 Å². The maximum Gasteiger partial charge on any atom is 0.226 e. The topological polar surface area (TPSA) is 253 Å². The molecule has 0 atom stereocenters. The van der Waals surface area contributed by atoms with Crippen LogP contribution in [-0.4, -0.2) is 191 Å². The number of nitrogens with zero attached hydrogens (tertiary/aromatic N) is 16. The van der Waals surface area contributed by atoms with Crippen molar-refractivity contribution < 1.29 is 18.9 Å². The second kappa shape index (κ2) is 41.6. The van der Waals surface area contributed by atoms with Crippen LogP contribution in [0.25, 0.3) is 87.2 Å². The summed E-state index contributed by atoms with van der Waals surface area (Å²) >= 11 is 24.4. The molecule has 8 aromatic heterocycles. The van der Waals surface area contributed by atoms with Crippen molar-refractivity contribution in [3.8, 4) is 0 Å². The Labute approximate surface area is 739 Å². The summed E-state index contributed by atoms with van der Waals surface area (Å²) in [6, 6.07) is 64.3. The van der Waals surface area contributed by atoms with Gasteiger partial charge < -0.3 is 59.8 Å².